The van der Waals surface area contributed by atoms with Gasteiger partial charge >= 0.3 is 0 Å². The van der Waals surface area contributed by atoms with Crippen molar-refractivity contribution < 1.29 is 38.7 Å². The Balaban J connectivity index is 1.78. The van der Waals surface area contributed by atoms with Crippen LogP contribution in [0.25, 0.3) is 0 Å². The zero-order chi connectivity index (χ0) is 42.0. The summed E-state index contributed by atoms with van der Waals surface area (Å²) in [5, 5.41) is 20.4. The van der Waals surface area contributed by atoms with Crippen LogP contribution in [0.15, 0.2) is 0 Å². The zero-order valence-electron chi connectivity index (χ0n) is 35.3. The number of primary amides is 1. The molecule has 3 heterocycles. The van der Waals surface area contributed by atoms with E-state index in [9.17, 15) is 38.7 Å². The summed E-state index contributed by atoms with van der Waals surface area (Å²) in [4.78, 5) is 98.6. The van der Waals surface area contributed by atoms with Gasteiger partial charge < -0.3 is 41.5 Å². The summed E-state index contributed by atoms with van der Waals surface area (Å²) in [7, 11) is 0. The van der Waals surface area contributed by atoms with Gasteiger partial charge in [0.1, 0.15) is 30.2 Å². The molecule has 0 aliphatic carbocycles. The molecule has 0 saturated carbocycles. The van der Waals surface area contributed by atoms with Gasteiger partial charge in [0.25, 0.3) is 0 Å². The number of nitrogens with one attached hydrogen (secondary N) is 3. The number of aliphatic hydroxyl groups is 1. The summed E-state index contributed by atoms with van der Waals surface area (Å²) in [5.41, 5.74) is 5.58. The molecule has 0 aromatic carbocycles. The fourth-order valence-corrected chi connectivity index (χ4v) is 8.54. The first-order chi connectivity index (χ1) is 26.3. The number of hydrogen-bond acceptors (Lipinski definition) is 8. The lowest BCUT2D eigenvalue weighted by Crippen LogP contribution is -2.60. The molecule has 0 aromatic heterocycles. The number of hydrogen-bond donors (Lipinski definition) is 5. The second-order valence-corrected chi connectivity index (χ2v) is 17.3. The van der Waals surface area contributed by atoms with Gasteiger partial charge in [0.2, 0.25) is 41.4 Å². The molecule has 3 rings (SSSR count). The minimum Gasteiger partial charge on any atom is -0.392 e. The Morgan fingerprint density at radius 1 is 0.679 bits per heavy atom. The average molecular weight is 790 g/mol. The van der Waals surface area contributed by atoms with E-state index in [1.165, 1.54) is 16.7 Å². The summed E-state index contributed by atoms with van der Waals surface area (Å²) < 4.78 is 0. The van der Waals surface area contributed by atoms with E-state index < -0.39 is 65.9 Å². The van der Waals surface area contributed by atoms with Crippen molar-refractivity contribution in [1.82, 2.24) is 30.7 Å². The summed E-state index contributed by atoms with van der Waals surface area (Å²) in [6.07, 6.45) is 4.21. The summed E-state index contributed by atoms with van der Waals surface area (Å²) in [6, 6.07) is -4.46. The molecule has 3 saturated heterocycles. The molecule has 6 N–H and O–H groups in total. The van der Waals surface area contributed by atoms with Crippen molar-refractivity contribution >= 4 is 41.4 Å². The van der Waals surface area contributed by atoms with Gasteiger partial charge in [0.15, 0.2) is 0 Å². The highest BCUT2D eigenvalue weighted by atomic mass is 16.3. The van der Waals surface area contributed by atoms with Gasteiger partial charge in [-0.1, -0.05) is 68.2 Å². The minimum absolute atomic E-state index is 0.0324. The molecule has 3 fully saturated rings. The van der Waals surface area contributed by atoms with Gasteiger partial charge in [-0.15, -0.1) is 0 Å². The van der Waals surface area contributed by atoms with Crippen LogP contribution in [0.2, 0.25) is 0 Å². The van der Waals surface area contributed by atoms with Gasteiger partial charge in [-0.25, -0.2) is 0 Å². The smallest absolute Gasteiger partial charge is 0.246 e. The summed E-state index contributed by atoms with van der Waals surface area (Å²) in [6.45, 7) is 17.8. The van der Waals surface area contributed by atoms with Gasteiger partial charge in [-0.3, -0.25) is 33.6 Å². The Kier molecular flexibility index (Phi) is 17.6. The molecule has 10 atom stereocenters. The molecule has 15 nitrogen and oxygen atoms in total. The average Bonchev–Trinajstić information content (AvgIpc) is 3.94. The third kappa shape index (κ3) is 11.7. The molecule has 3 aliphatic heterocycles. The number of aliphatic hydroxyl groups excluding tert-OH is 1. The molecule has 7 amide bonds. The largest absolute Gasteiger partial charge is 0.392 e. The molecule has 0 aromatic rings. The molecule has 0 unspecified atom stereocenters. The van der Waals surface area contributed by atoms with Crippen molar-refractivity contribution in [3.05, 3.63) is 0 Å². The standard InChI is InChI=1S/C41H71N7O8/c1-10-25(7)34(38(53)44-33(24(5)6)40(55)48-20-14-17-31(48)39(54)47-19-13-16-30(47)36(42)51)45-37(52)29(21-23(3)4)32(50)22-28-15-12-18-46(28)41(56)35(26(8)11-2)43-27(9)49/h23-26,28-35,50H,10-22H2,1-9H3,(H2,42,51)(H,43,49)(H,44,53)(H,45,52)/t25-,26-,28-,29+,30-,31-,32-,33-,34-,35-/m1/s1. The number of carbonyl (C=O) groups excluding carboxylic acids is 7. The molecular formula is C41H71N7O8. The second-order valence-electron chi connectivity index (χ2n) is 17.3. The van der Waals surface area contributed by atoms with E-state index in [-0.39, 0.29) is 53.9 Å². The first kappa shape index (κ1) is 46.6. The molecule has 318 valence electrons. The van der Waals surface area contributed by atoms with E-state index in [2.05, 4.69) is 16.0 Å². The van der Waals surface area contributed by atoms with Gasteiger partial charge in [-0.2, -0.15) is 0 Å². The summed E-state index contributed by atoms with van der Waals surface area (Å²) >= 11 is 0. The number of carbonyl (C=O) groups is 7. The first-order valence-corrected chi connectivity index (χ1v) is 21.1. The Bertz CT molecular complexity index is 1410. The van der Waals surface area contributed by atoms with Crippen LogP contribution in [-0.4, -0.2) is 123 Å². The lowest BCUT2D eigenvalue weighted by molar-refractivity contribution is -0.148. The van der Waals surface area contributed by atoms with Crippen molar-refractivity contribution in [1.29, 1.82) is 0 Å². The molecule has 0 spiro atoms. The Labute approximate surface area is 334 Å². The second kappa shape index (κ2) is 21.1. The Morgan fingerprint density at radius 3 is 1.75 bits per heavy atom. The van der Waals surface area contributed by atoms with Crippen LogP contribution in [0.1, 0.15) is 127 Å². The zero-order valence-corrected chi connectivity index (χ0v) is 35.3. The quantitative estimate of drug-likeness (QED) is 0.131. The predicted octanol–water partition coefficient (Wildman–Crippen LogP) is 2.08. The molecule has 0 radical (unpaired) electrons. The lowest BCUT2D eigenvalue weighted by atomic mass is 9.86. The molecular weight excluding hydrogens is 718 g/mol. The predicted molar refractivity (Wildman–Crippen MR) is 212 cm³/mol. The van der Waals surface area contributed by atoms with E-state index in [1.54, 1.807) is 4.90 Å². The van der Waals surface area contributed by atoms with Crippen LogP contribution in [-0.2, 0) is 33.6 Å². The van der Waals surface area contributed by atoms with Gasteiger partial charge in [-0.05, 0) is 75.0 Å². The molecule has 56 heavy (non-hydrogen) atoms. The Morgan fingerprint density at radius 2 is 1.20 bits per heavy atom. The van der Waals surface area contributed by atoms with Crippen LogP contribution >= 0.6 is 0 Å². The molecule has 15 heteroatoms. The fourth-order valence-electron chi connectivity index (χ4n) is 8.54. The number of nitrogens with two attached hydrogens (primary N) is 1. The van der Waals surface area contributed by atoms with Gasteiger partial charge in [0.05, 0.1) is 12.0 Å². The SMILES string of the molecule is CC[C@@H](C)[C@@H](NC(=O)[C@@H](CC(C)C)[C@H](O)C[C@H]1CCCN1C(=O)[C@H](NC(C)=O)[C@H](C)CC)C(=O)N[C@@H](C(=O)N1CCC[C@@H]1C(=O)N1CCC[C@@H]1C(N)=O)C(C)C. The minimum atomic E-state index is -1.11. The van der Waals surface area contributed by atoms with E-state index in [4.69, 9.17) is 5.73 Å². The topological polar surface area (TPSA) is 212 Å². The fraction of sp³-hybridized carbons (Fsp3) is 0.829. The highest BCUT2D eigenvalue weighted by Gasteiger charge is 2.45. The van der Waals surface area contributed by atoms with Crippen molar-refractivity contribution in [3.63, 3.8) is 0 Å². The number of nitrogens with zero attached hydrogens (tertiary/aromatic N) is 3. The highest BCUT2D eigenvalue weighted by molar-refractivity contribution is 5.96. The van der Waals surface area contributed by atoms with Crippen molar-refractivity contribution in [2.75, 3.05) is 19.6 Å². The maximum Gasteiger partial charge on any atom is 0.246 e. The normalized spacial score (nSPS) is 23.6. The van der Waals surface area contributed by atoms with E-state index in [0.29, 0.717) is 71.0 Å². The van der Waals surface area contributed by atoms with Crippen molar-refractivity contribution in [2.24, 2.45) is 35.3 Å². The van der Waals surface area contributed by atoms with E-state index in [0.717, 1.165) is 6.42 Å². The number of likely N-dealkylation sites (tertiary alicyclic amines) is 3. The van der Waals surface area contributed by atoms with Crippen LogP contribution in [0.4, 0.5) is 0 Å². The van der Waals surface area contributed by atoms with E-state index in [1.807, 2.05) is 55.4 Å². The Hall–Kier alpha value is -3.75. The van der Waals surface area contributed by atoms with Crippen molar-refractivity contribution in [3.8, 4) is 0 Å². The van der Waals surface area contributed by atoms with E-state index >= 15 is 0 Å². The molecule has 3 aliphatic rings. The molecule has 0 bridgehead atoms. The van der Waals surface area contributed by atoms with Crippen LogP contribution < -0.4 is 21.7 Å². The lowest BCUT2D eigenvalue weighted by Gasteiger charge is -2.35. The monoisotopic (exact) mass is 790 g/mol. The summed E-state index contributed by atoms with van der Waals surface area (Å²) in [5.74, 6) is -4.36. The van der Waals surface area contributed by atoms with Crippen LogP contribution in [0.5, 0.6) is 0 Å². The first-order valence-electron chi connectivity index (χ1n) is 21.1. The maximum absolute atomic E-state index is 14.2. The highest BCUT2D eigenvalue weighted by Crippen LogP contribution is 2.29. The van der Waals surface area contributed by atoms with Gasteiger partial charge in [0, 0.05) is 32.6 Å². The van der Waals surface area contributed by atoms with Crippen LogP contribution in [0, 0.1) is 29.6 Å². The van der Waals surface area contributed by atoms with Crippen molar-refractivity contribution in [2.45, 2.75) is 169 Å². The third-order valence-electron chi connectivity index (χ3n) is 12.2. The number of amides is 7. The third-order valence-corrected chi connectivity index (χ3v) is 12.2. The maximum atomic E-state index is 14.2. The number of rotatable bonds is 19. The van der Waals surface area contributed by atoms with Crippen LogP contribution in [0.3, 0.4) is 0 Å².